The van der Waals surface area contributed by atoms with Gasteiger partial charge in [-0.3, -0.25) is 14.6 Å². The molecule has 0 radical (unpaired) electrons. The van der Waals surface area contributed by atoms with Gasteiger partial charge in [-0.1, -0.05) is 53.8 Å². The lowest BCUT2D eigenvalue weighted by molar-refractivity contribution is -0.130. The van der Waals surface area contributed by atoms with Crippen molar-refractivity contribution in [1.29, 1.82) is 0 Å². The van der Waals surface area contributed by atoms with Gasteiger partial charge in [-0.15, -0.1) is 0 Å². The number of aryl methyl sites for hydroxylation is 1. The first-order valence-electron chi connectivity index (χ1n) is 9.42. The van der Waals surface area contributed by atoms with Crippen LogP contribution in [-0.4, -0.2) is 41.1 Å². The van der Waals surface area contributed by atoms with E-state index in [0.29, 0.717) is 36.6 Å². The van der Waals surface area contributed by atoms with Crippen molar-refractivity contribution in [3.05, 3.63) is 80.3 Å². The van der Waals surface area contributed by atoms with E-state index in [1.54, 1.807) is 11.9 Å². The van der Waals surface area contributed by atoms with E-state index in [2.05, 4.69) is 4.98 Å². The number of nitrogens with zero attached hydrogens (tertiary/aromatic N) is 1. The van der Waals surface area contributed by atoms with Gasteiger partial charge in [0.05, 0.1) is 11.4 Å². The van der Waals surface area contributed by atoms with Gasteiger partial charge in [0.15, 0.2) is 0 Å². The van der Waals surface area contributed by atoms with E-state index in [4.69, 9.17) is 4.74 Å². The molecule has 6 nitrogen and oxygen atoms in total. The van der Waals surface area contributed by atoms with Crippen LogP contribution in [0.2, 0.25) is 0 Å². The minimum Gasteiger partial charge on any atom is -0.494 e. The lowest BCUT2D eigenvalue weighted by Crippen LogP contribution is -2.31. The number of aromatic hydroxyl groups is 1. The largest absolute Gasteiger partial charge is 0.494 e. The maximum absolute atomic E-state index is 12.2. The number of hydrogen-bond acceptors (Lipinski definition) is 5. The van der Waals surface area contributed by atoms with E-state index >= 15 is 0 Å². The maximum atomic E-state index is 12.2. The number of benzene rings is 2. The standard InChI is InChI=1S/C22H24N2O4S/c1-24(20(25)12-9-16-5-3-2-4-6-16)13-14-28-18-10-7-17(8-11-18)15-19-21(26)23-22(27)29-19/h2-8,10-11,26H,9,12-15H2,1H3,(H,23,27). The number of carbonyl (C=O) groups is 1. The van der Waals surface area contributed by atoms with Crippen LogP contribution in [0.4, 0.5) is 0 Å². The Hall–Kier alpha value is -3.06. The van der Waals surface area contributed by atoms with Crippen molar-refractivity contribution in [2.75, 3.05) is 20.2 Å². The lowest BCUT2D eigenvalue weighted by atomic mass is 10.1. The second-order valence-corrected chi connectivity index (χ2v) is 7.82. The number of amides is 1. The molecular formula is C22H24N2O4S. The third-order valence-corrected chi connectivity index (χ3v) is 5.45. The van der Waals surface area contributed by atoms with Crippen molar-refractivity contribution in [2.45, 2.75) is 19.3 Å². The Balaban J connectivity index is 1.41. The Morgan fingerprint density at radius 3 is 2.48 bits per heavy atom. The SMILES string of the molecule is CN(CCOc1ccc(Cc2sc(=O)[nH]c2O)cc1)C(=O)CCc1ccccc1. The normalized spacial score (nSPS) is 10.7. The number of aromatic amines is 1. The van der Waals surface area contributed by atoms with Gasteiger partial charge in [-0.05, 0) is 29.7 Å². The zero-order valence-corrected chi connectivity index (χ0v) is 17.1. The predicted molar refractivity (Wildman–Crippen MR) is 114 cm³/mol. The third-order valence-electron chi connectivity index (χ3n) is 4.58. The first-order chi connectivity index (χ1) is 14.0. The zero-order valence-electron chi connectivity index (χ0n) is 16.3. The highest BCUT2D eigenvalue weighted by molar-refractivity contribution is 7.09. The van der Waals surface area contributed by atoms with E-state index < -0.39 is 0 Å². The van der Waals surface area contributed by atoms with Crippen molar-refractivity contribution in [2.24, 2.45) is 0 Å². The van der Waals surface area contributed by atoms with Gasteiger partial charge < -0.3 is 14.7 Å². The average Bonchev–Trinajstić information content (AvgIpc) is 3.04. The first kappa shape index (κ1) is 20.7. The topological polar surface area (TPSA) is 82.6 Å². The van der Waals surface area contributed by atoms with Crippen LogP contribution in [0, 0.1) is 0 Å². The van der Waals surface area contributed by atoms with Gasteiger partial charge >= 0.3 is 4.87 Å². The van der Waals surface area contributed by atoms with Gasteiger partial charge in [-0.2, -0.15) is 0 Å². The van der Waals surface area contributed by atoms with E-state index in [-0.39, 0.29) is 16.7 Å². The summed E-state index contributed by atoms with van der Waals surface area (Å²) < 4.78 is 5.73. The molecule has 0 saturated carbocycles. The van der Waals surface area contributed by atoms with Crippen molar-refractivity contribution in [3.63, 3.8) is 0 Å². The van der Waals surface area contributed by atoms with Crippen LogP contribution in [0.25, 0.3) is 0 Å². The monoisotopic (exact) mass is 412 g/mol. The number of H-pyrrole nitrogens is 1. The molecule has 1 aromatic heterocycles. The molecule has 0 spiro atoms. The van der Waals surface area contributed by atoms with Crippen LogP contribution in [-0.2, 0) is 17.6 Å². The molecule has 0 atom stereocenters. The fraction of sp³-hybridized carbons (Fsp3) is 0.273. The van der Waals surface area contributed by atoms with Gasteiger partial charge in [0.25, 0.3) is 0 Å². The molecule has 2 aromatic carbocycles. The van der Waals surface area contributed by atoms with Gasteiger partial charge in [0.1, 0.15) is 12.4 Å². The fourth-order valence-electron chi connectivity index (χ4n) is 2.87. The summed E-state index contributed by atoms with van der Waals surface area (Å²) in [5.41, 5.74) is 2.13. The summed E-state index contributed by atoms with van der Waals surface area (Å²) in [6.07, 6.45) is 1.69. The molecule has 0 saturated heterocycles. The van der Waals surface area contributed by atoms with Crippen LogP contribution in [0.1, 0.15) is 22.4 Å². The smallest absolute Gasteiger partial charge is 0.307 e. The Kier molecular flexibility index (Phi) is 7.08. The fourth-order valence-corrected chi connectivity index (χ4v) is 3.63. The quantitative estimate of drug-likeness (QED) is 0.565. The molecule has 2 N–H and O–H groups in total. The van der Waals surface area contributed by atoms with Crippen LogP contribution in [0.5, 0.6) is 11.6 Å². The maximum Gasteiger partial charge on any atom is 0.307 e. The molecular weight excluding hydrogens is 388 g/mol. The number of likely N-dealkylation sites (N-methyl/N-ethyl adjacent to an activating group) is 1. The van der Waals surface area contributed by atoms with E-state index in [1.807, 2.05) is 54.6 Å². The molecule has 0 fully saturated rings. The number of ether oxygens (including phenoxy) is 1. The van der Waals surface area contributed by atoms with Crippen molar-refractivity contribution in [3.8, 4) is 11.6 Å². The highest BCUT2D eigenvalue weighted by Crippen LogP contribution is 2.21. The molecule has 1 amide bonds. The Labute approximate surface area is 173 Å². The molecule has 3 rings (SSSR count). The first-order valence-corrected chi connectivity index (χ1v) is 10.2. The Morgan fingerprint density at radius 2 is 1.83 bits per heavy atom. The molecule has 1 heterocycles. The zero-order chi connectivity index (χ0) is 20.6. The number of carbonyl (C=O) groups excluding carboxylic acids is 1. The van der Waals surface area contributed by atoms with Gasteiger partial charge in [0, 0.05) is 19.9 Å². The average molecular weight is 413 g/mol. The molecule has 152 valence electrons. The minimum absolute atomic E-state index is 0.0692. The van der Waals surface area contributed by atoms with Crippen LogP contribution >= 0.6 is 11.3 Å². The summed E-state index contributed by atoms with van der Waals surface area (Å²) in [5, 5.41) is 9.66. The highest BCUT2D eigenvalue weighted by Gasteiger charge is 2.10. The summed E-state index contributed by atoms with van der Waals surface area (Å²) in [7, 11) is 1.79. The van der Waals surface area contributed by atoms with Crippen molar-refractivity contribution < 1.29 is 14.6 Å². The van der Waals surface area contributed by atoms with Crippen LogP contribution in [0.3, 0.4) is 0 Å². The Bertz CT molecular complexity index is 980. The number of thiazole rings is 1. The van der Waals surface area contributed by atoms with Crippen LogP contribution < -0.4 is 9.61 Å². The summed E-state index contributed by atoms with van der Waals surface area (Å²) in [6.45, 7) is 0.924. The molecule has 7 heteroatoms. The van der Waals surface area contributed by atoms with Gasteiger partial charge in [0.2, 0.25) is 11.8 Å². The number of hydrogen-bond donors (Lipinski definition) is 2. The number of nitrogens with one attached hydrogen (secondary N) is 1. The van der Waals surface area contributed by atoms with E-state index in [0.717, 1.165) is 28.9 Å². The summed E-state index contributed by atoms with van der Waals surface area (Å²) in [5.74, 6) is 0.740. The van der Waals surface area contributed by atoms with Crippen LogP contribution in [0.15, 0.2) is 59.4 Å². The molecule has 0 aliphatic rings. The predicted octanol–water partition coefficient (Wildman–Crippen LogP) is 3.20. The molecule has 0 aliphatic heterocycles. The summed E-state index contributed by atoms with van der Waals surface area (Å²) in [6, 6.07) is 17.5. The molecule has 0 aliphatic carbocycles. The summed E-state index contributed by atoms with van der Waals surface area (Å²) >= 11 is 1.01. The van der Waals surface area contributed by atoms with Crippen molar-refractivity contribution >= 4 is 17.2 Å². The second kappa shape index (κ2) is 9.93. The van der Waals surface area contributed by atoms with E-state index in [1.165, 1.54) is 0 Å². The number of rotatable bonds is 9. The molecule has 0 unspecified atom stereocenters. The summed E-state index contributed by atoms with van der Waals surface area (Å²) in [4.78, 5) is 27.9. The van der Waals surface area contributed by atoms with Gasteiger partial charge in [-0.25, -0.2) is 0 Å². The molecule has 3 aromatic rings. The van der Waals surface area contributed by atoms with Crippen molar-refractivity contribution in [1.82, 2.24) is 9.88 Å². The lowest BCUT2D eigenvalue weighted by Gasteiger charge is -2.17. The van der Waals surface area contributed by atoms with E-state index in [9.17, 15) is 14.7 Å². The number of aromatic nitrogens is 1. The Morgan fingerprint density at radius 1 is 1.10 bits per heavy atom. The molecule has 29 heavy (non-hydrogen) atoms. The third kappa shape index (κ3) is 6.22. The second-order valence-electron chi connectivity index (χ2n) is 6.76. The highest BCUT2D eigenvalue weighted by atomic mass is 32.1. The minimum atomic E-state index is -0.264. The molecule has 0 bridgehead atoms.